The van der Waals surface area contributed by atoms with Crippen molar-refractivity contribution in [1.29, 1.82) is 0 Å². The Labute approximate surface area is 94.5 Å². The molecular weight excluding hydrogens is 210 g/mol. The van der Waals surface area contributed by atoms with Crippen LogP contribution in [0.15, 0.2) is 4.63 Å². The Hall–Kier alpha value is -1.43. The fourth-order valence-electron chi connectivity index (χ4n) is 1.31. The molecule has 6 heteroatoms. The first kappa shape index (κ1) is 12.6. The normalized spacial score (nSPS) is 10.8. The van der Waals surface area contributed by atoms with Gasteiger partial charge in [0.2, 0.25) is 0 Å². The molecule has 0 saturated heterocycles. The summed E-state index contributed by atoms with van der Waals surface area (Å²) < 4.78 is 9.21. The molecule has 1 rings (SSSR count). The van der Waals surface area contributed by atoms with Crippen molar-refractivity contribution in [2.24, 2.45) is 0 Å². The standard InChI is InChI=1S/C10H17N3O3/c1-4-13(6-5-10(14)15-3)7-9-8(2)11-16-12-9/h4-7H2,1-3H3. The van der Waals surface area contributed by atoms with Crippen LogP contribution in [0.5, 0.6) is 0 Å². The molecule has 0 atom stereocenters. The Morgan fingerprint density at radius 3 is 2.75 bits per heavy atom. The van der Waals surface area contributed by atoms with Gasteiger partial charge in [0.25, 0.3) is 0 Å². The van der Waals surface area contributed by atoms with Gasteiger partial charge in [0.05, 0.1) is 13.5 Å². The number of ether oxygens (including phenoxy) is 1. The maximum Gasteiger partial charge on any atom is 0.306 e. The highest BCUT2D eigenvalue weighted by Crippen LogP contribution is 2.06. The summed E-state index contributed by atoms with van der Waals surface area (Å²) in [5, 5.41) is 7.52. The van der Waals surface area contributed by atoms with Crippen molar-refractivity contribution >= 4 is 5.97 Å². The molecule has 6 nitrogen and oxygen atoms in total. The highest BCUT2D eigenvalue weighted by molar-refractivity contribution is 5.69. The molecule has 16 heavy (non-hydrogen) atoms. The number of carbonyl (C=O) groups is 1. The highest BCUT2D eigenvalue weighted by Gasteiger charge is 2.11. The van der Waals surface area contributed by atoms with Crippen molar-refractivity contribution in [3.63, 3.8) is 0 Å². The zero-order valence-electron chi connectivity index (χ0n) is 9.89. The molecule has 0 aliphatic heterocycles. The van der Waals surface area contributed by atoms with Gasteiger partial charge in [-0.1, -0.05) is 17.2 Å². The average molecular weight is 227 g/mol. The molecule has 1 aromatic heterocycles. The molecule has 0 fully saturated rings. The minimum Gasteiger partial charge on any atom is -0.469 e. The summed E-state index contributed by atoms with van der Waals surface area (Å²) in [6.07, 6.45) is 0.384. The fraction of sp³-hybridized carbons (Fsp3) is 0.700. The first-order valence-corrected chi connectivity index (χ1v) is 5.24. The molecule has 0 bridgehead atoms. The second kappa shape index (κ2) is 6.22. The van der Waals surface area contributed by atoms with E-state index < -0.39 is 0 Å². The number of esters is 1. The molecule has 0 radical (unpaired) electrons. The van der Waals surface area contributed by atoms with Gasteiger partial charge in [0.15, 0.2) is 0 Å². The van der Waals surface area contributed by atoms with Crippen LogP contribution in [0.3, 0.4) is 0 Å². The van der Waals surface area contributed by atoms with Crippen LogP contribution in [0.2, 0.25) is 0 Å². The van der Waals surface area contributed by atoms with Crippen LogP contribution in [-0.4, -0.2) is 41.4 Å². The third-order valence-corrected chi connectivity index (χ3v) is 2.43. The molecule has 1 aromatic rings. The van der Waals surface area contributed by atoms with Gasteiger partial charge in [-0.05, 0) is 13.5 Å². The van der Waals surface area contributed by atoms with Gasteiger partial charge in [-0.25, -0.2) is 4.63 Å². The van der Waals surface area contributed by atoms with E-state index >= 15 is 0 Å². The summed E-state index contributed by atoms with van der Waals surface area (Å²) in [5.41, 5.74) is 1.60. The van der Waals surface area contributed by atoms with E-state index in [1.807, 2.05) is 13.8 Å². The van der Waals surface area contributed by atoms with Crippen LogP contribution in [0.1, 0.15) is 24.7 Å². The van der Waals surface area contributed by atoms with Gasteiger partial charge in [-0.3, -0.25) is 9.69 Å². The van der Waals surface area contributed by atoms with Crippen molar-refractivity contribution < 1.29 is 14.2 Å². The number of nitrogens with zero attached hydrogens (tertiary/aromatic N) is 3. The minimum absolute atomic E-state index is 0.201. The summed E-state index contributed by atoms with van der Waals surface area (Å²) >= 11 is 0. The second-order valence-electron chi connectivity index (χ2n) is 3.49. The molecule has 0 unspecified atom stereocenters. The first-order valence-electron chi connectivity index (χ1n) is 5.24. The zero-order chi connectivity index (χ0) is 12.0. The maximum absolute atomic E-state index is 11.0. The lowest BCUT2D eigenvalue weighted by Crippen LogP contribution is -2.26. The van der Waals surface area contributed by atoms with Gasteiger partial charge in [-0.2, -0.15) is 0 Å². The largest absolute Gasteiger partial charge is 0.469 e. The third-order valence-electron chi connectivity index (χ3n) is 2.43. The van der Waals surface area contributed by atoms with E-state index in [0.29, 0.717) is 19.5 Å². The zero-order valence-corrected chi connectivity index (χ0v) is 9.89. The average Bonchev–Trinajstić information content (AvgIpc) is 2.69. The monoisotopic (exact) mass is 227 g/mol. The number of hydrogen-bond acceptors (Lipinski definition) is 6. The summed E-state index contributed by atoms with van der Waals surface area (Å²) in [5.74, 6) is -0.201. The van der Waals surface area contributed by atoms with Gasteiger partial charge < -0.3 is 4.74 Å². The summed E-state index contributed by atoms with van der Waals surface area (Å²) in [6.45, 7) is 6.00. The minimum atomic E-state index is -0.201. The Balaban J connectivity index is 2.43. The van der Waals surface area contributed by atoms with Crippen LogP contribution in [0.25, 0.3) is 0 Å². The van der Waals surface area contributed by atoms with Crippen molar-refractivity contribution in [1.82, 2.24) is 15.2 Å². The molecule has 0 aromatic carbocycles. The van der Waals surface area contributed by atoms with Crippen LogP contribution in [-0.2, 0) is 16.1 Å². The molecule has 0 spiro atoms. The van der Waals surface area contributed by atoms with Gasteiger partial charge in [-0.15, -0.1) is 0 Å². The highest BCUT2D eigenvalue weighted by atomic mass is 16.6. The number of hydrogen-bond donors (Lipinski definition) is 0. The third kappa shape index (κ3) is 3.62. The predicted molar refractivity (Wildman–Crippen MR) is 56.6 cm³/mol. The lowest BCUT2D eigenvalue weighted by Gasteiger charge is -2.17. The molecular formula is C10H17N3O3. The number of aromatic nitrogens is 2. The van der Waals surface area contributed by atoms with Crippen molar-refractivity contribution in [3.05, 3.63) is 11.4 Å². The van der Waals surface area contributed by atoms with Gasteiger partial charge >= 0.3 is 5.97 Å². The molecule has 0 amide bonds. The van der Waals surface area contributed by atoms with E-state index in [1.165, 1.54) is 7.11 Å². The predicted octanol–water partition coefficient (Wildman–Crippen LogP) is 0.763. The van der Waals surface area contributed by atoms with Crippen LogP contribution in [0, 0.1) is 6.92 Å². The lowest BCUT2D eigenvalue weighted by molar-refractivity contribution is -0.141. The second-order valence-corrected chi connectivity index (χ2v) is 3.49. The summed E-state index contributed by atoms with van der Waals surface area (Å²) in [4.78, 5) is 13.1. The van der Waals surface area contributed by atoms with E-state index in [0.717, 1.165) is 17.9 Å². The molecule has 90 valence electrons. The number of aryl methyl sites for hydroxylation is 1. The fourth-order valence-corrected chi connectivity index (χ4v) is 1.31. The number of methoxy groups -OCH3 is 1. The topological polar surface area (TPSA) is 68.5 Å². The van der Waals surface area contributed by atoms with Crippen LogP contribution < -0.4 is 0 Å². The molecule has 0 aliphatic rings. The van der Waals surface area contributed by atoms with E-state index in [2.05, 4.69) is 24.6 Å². The molecule has 0 saturated carbocycles. The van der Waals surface area contributed by atoms with E-state index in [9.17, 15) is 4.79 Å². The Morgan fingerprint density at radius 2 is 2.25 bits per heavy atom. The van der Waals surface area contributed by atoms with Crippen LogP contribution in [0.4, 0.5) is 0 Å². The van der Waals surface area contributed by atoms with E-state index in [-0.39, 0.29) is 5.97 Å². The van der Waals surface area contributed by atoms with Gasteiger partial charge in [0, 0.05) is 13.1 Å². The van der Waals surface area contributed by atoms with Crippen molar-refractivity contribution in [2.45, 2.75) is 26.8 Å². The Morgan fingerprint density at radius 1 is 1.50 bits per heavy atom. The van der Waals surface area contributed by atoms with Gasteiger partial charge in [0.1, 0.15) is 11.4 Å². The Kier molecular flexibility index (Phi) is 4.91. The molecule has 0 N–H and O–H groups in total. The number of carbonyl (C=O) groups excluding carboxylic acids is 1. The SMILES string of the molecule is CCN(CCC(=O)OC)Cc1nonc1C. The Bertz CT molecular complexity index is 338. The van der Waals surface area contributed by atoms with Crippen LogP contribution >= 0.6 is 0 Å². The molecule has 1 heterocycles. The van der Waals surface area contributed by atoms with Crippen molar-refractivity contribution in [3.8, 4) is 0 Å². The lowest BCUT2D eigenvalue weighted by atomic mass is 10.3. The van der Waals surface area contributed by atoms with E-state index in [4.69, 9.17) is 0 Å². The summed E-state index contributed by atoms with van der Waals surface area (Å²) in [6, 6.07) is 0. The van der Waals surface area contributed by atoms with Crippen molar-refractivity contribution in [2.75, 3.05) is 20.2 Å². The van der Waals surface area contributed by atoms with E-state index in [1.54, 1.807) is 0 Å². The first-order chi connectivity index (χ1) is 7.67. The summed E-state index contributed by atoms with van der Waals surface area (Å²) in [7, 11) is 1.39. The molecule has 0 aliphatic carbocycles. The number of rotatable bonds is 6. The maximum atomic E-state index is 11.0. The smallest absolute Gasteiger partial charge is 0.306 e. The quantitative estimate of drug-likeness (QED) is 0.668.